The van der Waals surface area contributed by atoms with Gasteiger partial charge in [-0.2, -0.15) is 0 Å². The number of amides is 1. The molecular formula is C21H28N4O2. The summed E-state index contributed by atoms with van der Waals surface area (Å²) >= 11 is 0. The molecule has 1 spiro atoms. The van der Waals surface area contributed by atoms with E-state index in [4.69, 9.17) is 4.74 Å². The lowest BCUT2D eigenvalue weighted by molar-refractivity contribution is -0.136. The maximum absolute atomic E-state index is 13.1. The molecule has 2 aliphatic rings. The molecule has 2 aliphatic heterocycles. The molecule has 0 N–H and O–H groups in total. The monoisotopic (exact) mass is 368 g/mol. The Labute approximate surface area is 160 Å². The number of carbonyl (C=O) groups is 1. The number of aryl methyl sites for hydroxylation is 1. The third kappa shape index (κ3) is 3.72. The van der Waals surface area contributed by atoms with Crippen molar-refractivity contribution in [1.82, 2.24) is 19.4 Å². The van der Waals surface area contributed by atoms with E-state index >= 15 is 0 Å². The number of rotatable bonds is 3. The molecule has 27 heavy (non-hydrogen) atoms. The van der Waals surface area contributed by atoms with Crippen molar-refractivity contribution in [3.63, 3.8) is 0 Å². The van der Waals surface area contributed by atoms with Gasteiger partial charge in [0.15, 0.2) is 0 Å². The molecule has 6 nitrogen and oxygen atoms in total. The van der Waals surface area contributed by atoms with Crippen LogP contribution in [-0.4, -0.2) is 57.0 Å². The van der Waals surface area contributed by atoms with Crippen LogP contribution in [0.4, 0.5) is 0 Å². The largest absolute Gasteiger partial charge is 0.485 e. The van der Waals surface area contributed by atoms with E-state index in [9.17, 15) is 4.79 Å². The van der Waals surface area contributed by atoms with E-state index in [0.29, 0.717) is 19.6 Å². The highest BCUT2D eigenvalue weighted by atomic mass is 16.5. The summed E-state index contributed by atoms with van der Waals surface area (Å²) in [5, 5.41) is 0. The Morgan fingerprint density at radius 2 is 2.04 bits per heavy atom. The van der Waals surface area contributed by atoms with Gasteiger partial charge in [0, 0.05) is 50.4 Å². The van der Waals surface area contributed by atoms with E-state index in [2.05, 4.69) is 22.9 Å². The van der Waals surface area contributed by atoms with Crippen molar-refractivity contribution in [3.8, 4) is 5.75 Å². The zero-order chi connectivity index (χ0) is 18.9. The summed E-state index contributed by atoms with van der Waals surface area (Å²) in [6.45, 7) is 8.79. The fourth-order valence-electron chi connectivity index (χ4n) is 4.14. The molecule has 0 unspecified atom stereocenters. The second-order valence-corrected chi connectivity index (χ2v) is 7.68. The number of fused-ring (bicyclic) bond motifs is 1. The number of para-hydroxylation sites is 1. The Morgan fingerprint density at radius 1 is 1.26 bits per heavy atom. The lowest BCUT2D eigenvalue weighted by Gasteiger charge is -2.42. The molecule has 144 valence electrons. The maximum atomic E-state index is 13.1. The Bertz CT molecular complexity index is 808. The third-order valence-corrected chi connectivity index (χ3v) is 5.94. The van der Waals surface area contributed by atoms with Gasteiger partial charge in [-0.15, -0.1) is 0 Å². The van der Waals surface area contributed by atoms with Crippen LogP contribution in [0.2, 0.25) is 0 Å². The molecule has 1 amide bonds. The Balaban J connectivity index is 1.59. The highest BCUT2D eigenvalue weighted by Gasteiger charge is 2.41. The van der Waals surface area contributed by atoms with Crippen molar-refractivity contribution in [2.75, 3.05) is 26.2 Å². The van der Waals surface area contributed by atoms with Gasteiger partial charge in [-0.25, -0.2) is 4.98 Å². The molecule has 3 heterocycles. The van der Waals surface area contributed by atoms with Crippen LogP contribution in [-0.2, 0) is 17.9 Å². The smallest absolute Gasteiger partial charge is 0.242 e. The summed E-state index contributed by atoms with van der Waals surface area (Å²) in [6.07, 6.45) is 5.50. The summed E-state index contributed by atoms with van der Waals surface area (Å²) in [5.74, 6) is 1.91. The van der Waals surface area contributed by atoms with E-state index in [1.54, 1.807) is 6.20 Å². The van der Waals surface area contributed by atoms with E-state index in [-0.39, 0.29) is 11.5 Å². The summed E-state index contributed by atoms with van der Waals surface area (Å²) in [5.41, 5.74) is 0.792. The number of hydrogen-bond donors (Lipinski definition) is 0. The molecule has 0 aliphatic carbocycles. The molecule has 0 radical (unpaired) electrons. The van der Waals surface area contributed by atoms with Crippen LogP contribution >= 0.6 is 0 Å². The number of hydrogen-bond acceptors (Lipinski definition) is 4. The quantitative estimate of drug-likeness (QED) is 0.835. The fraction of sp³-hybridized carbons (Fsp3) is 0.524. The van der Waals surface area contributed by atoms with Gasteiger partial charge in [0.1, 0.15) is 23.7 Å². The Morgan fingerprint density at radius 3 is 2.74 bits per heavy atom. The molecule has 1 saturated heterocycles. The van der Waals surface area contributed by atoms with Crippen LogP contribution in [0, 0.1) is 6.92 Å². The van der Waals surface area contributed by atoms with Crippen LogP contribution < -0.4 is 4.74 Å². The molecule has 1 aromatic heterocycles. The predicted octanol–water partition coefficient (Wildman–Crippen LogP) is 2.47. The number of carbonyl (C=O) groups excluding carboxylic acids is 1. The first-order valence-electron chi connectivity index (χ1n) is 9.83. The number of likely N-dealkylation sites (tertiary alicyclic amines) is 1. The lowest BCUT2D eigenvalue weighted by Crippen LogP contribution is -2.54. The number of nitrogens with zero attached hydrogens (tertiary/aromatic N) is 4. The van der Waals surface area contributed by atoms with E-state index in [1.807, 2.05) is 40.8 Å². The van der Waals surface area contributed by atoms with Crippen molar-refractivity contribution in [3.05, 3.63) is 48.0 Å². The molecule has 1 fully saturated rings. The van der Waals surface area contributed by atoms with E-state index in [0.717, 1.165) is 49.6 Å². The first-order valence-corrected chi connectivity index (χ1v) is 9.83. The van der Waals surface area contributed by atoms with Crippen molar-refractivity contribution in [2.45, 2.75) is 45.4 Å². The van der Waals surface area contributed by atoms with Crippen LogP contribution in [0.15, 0.2) is 36.7 Å². The standard InChI is InChI=1S/C21H28N4O2/c1-3-23-11-8-21(9-12-23)16-25(14-18-6-4-5-7-19(18)27-21)20(26)15-24-13-10-22-17(24)2/h4-7,10,13H,3,8-9,11-12,14-16H2,1-2H3. The minimum atomic E-state index is -0.294. The highest BCUT2D eigenvalue weighted by Crippen LogP contribution is 2.35. The van der Waals surface area contributed by atoms with Crippen molar-refractivity contribution in [2.24, 2.45) is 0 Å². The van der Waals surface area contributed by atoms with Gasteiger partial charge in [0.05, 0.1) is 6.54 Å². The third-order valence-electron chi connectivity index (χ3n) is 5.94. The average molecular weight is 368 g/mol. The normalized spacial score (nSPS) is 19.4. The van der Waals surface area contributed by atoms with Crippen LogP contribution in [0.5, 0.6) is 5.75 Å². The van der Waals surface area contributed by atoms with Gasteiger partial charge in [-0.3, -0.25) is 4.79 Å². The number of ether oxygens (including phenoxy) is 1. The van der Waals surface area contributed by atoms with Crippen LogP contribution in [0.3, 0.4) is 0 Å². The fourth-order valence-corrected chi connectivity index (χ4v) is 4.14. The van der Waals surface area contributed by atoms with Gasteiger partial charge in [0.25, 0.3) is 0 Å². The van der Waals surface area contributed by atoms with E-state index in [1.165, 1.54) is 0 Å². The molecule has 6 heteroatoms. The van der Waals surface area contributed by atoms with Gasteiger partial charge in [-0.05, 0) is 19.5 Å². The summed E-state index contributed by atoms with van der Waals surface area (Å²) in [7, 11) is 0. The molecular weight excluding hydrogens is 340 g/mol. The molecule has 0 atom stereocenters. The average Bonchev–Trinajstić information content (AvgIpc) is 2.99. The zero-order valence-electron chi connectivity index (χ0n) is 16.2. The SMILES string of the molecule is CCN1CCC2(CC1)CN(C(=O)Cn1ccnc1C)Cc1ccccc1O2. The van der Waals surface area contributed by atoms with Crippen molar-refractivity contribution < 1.29 is 9.53 Å². The Hall–Kier alpha value is -2.34. The topological polar surface area (TPSA) is 50.6 Å². The van der Waals surface area contributed by atoms with Gasteiger partial charge in [0.2, 0.25) is 5.91 Å². The van der Waals surface area contributed by atoms with Gasteiger partial charge < -0.3 is 19.1 Å². The molecule has 0 saturated carbocycles. The van der Waals surface area contributed by atoms with Crippen molar-refractivity contribution >= 4 is 5.91 Å². The van der Waals surface area contributed by atoms with Gasteiger partial charge >= 0.3 is 0 Å². The Kier molecular flexibility index (Phi) is 4.91. The first kappa shape index (κ1) is 18.0. The first-order chi connectivity index (χ1) is 13.1. The number of benzene rings is 1. The number of aromatic nitrogens is 2. The van der Waals surface area contributed by atoms with Crippen LogP contribution in [0.1, 0.15) is 31.2 Å². The molecule has 1 aromatic carbocycles. The van der Waals surface area contributed by atoms with Crippen LogP contribution in [0.25, 0.3) is 0 Å². The van der Waals surface area contributed by atoms with E-state index < -0.39 is 0 Å². The zero-order valence-corrected chi connectivity index (χ0v) is 16.2. The summed E-state index contributed by atoms with van der Waals surface area (Å²) in [4.78, 5) is 21.8. The maximum Gasteiger partial charge on any atom is 0.242 e. The predicted molar refractivity (Wildman–Crippen MR) is 104 cm³/mol. The lowest BCUT2D eigenvalue weighted by atomic mass is 9.90. The summed E-state index contributed by atoms with van der Waals surface area (Å²) in [6, 6.07) is 8.14. The minimum absolute atomic E-state index is 0.119. The molecule has 0 bridgehead atoms. The highest BCUT2D eigenvalue weighted by molar-refractivity contribution is 5.76. The van der Waals surface area contributed by atoms with Gasteiger partial charge in [-0.1, -0.05) is 25.1 Å². The molecule has 4 rings (SSSR count). The molecule has 2 aromatic rings. The number of piperidine rings is 1. The number of imidazole rings is 1. The second-order valence-electron chi connectivity index (χ2n) is 7.68. The second kappa shape index (κ2) is 7.35. The van der Waals surface area contributed by atoms with Crippen molar-refractivity contribution in [1.29, 1.82) is 0 Å². The summed E-state index contributed by atoms with van der Waals surface area (Å²) < 4.78 is 8.49. The minimum Gasteiger partial charge on any atom is -0.485 e.